The monoisotopic (exact) mass is 347 g/mol. The van der Waals surface area contributed by atoms with Gasteiger partial charge in [0.1, 0.15) is 6.04 Å². The molecule has 0 saturated carbocycles. The van der Waals surface area contributed by atoms with Gasteiger partial charge in [-0.1, -0.05) is 37.6 Å². The fourth-order valence-corrected chi connectivity index (χ4v) is 2.79. The van der Waals surface area contributed by atoms with E-state index in [0.29, 0.717) is 26.0 Å². The second-order valence-electron chi connectivity index (χ2n) is 6.17. The van der Waals surface area contributed by atoms with E-state index >= 15 is 0 Å². The molecule has 0 aromatic heterocycles. The van der Waals surface area contributed by atoms with Crippen molar-refractivity contribution in [3.63, 3.8) is 0 Å². The van der Waals surface area contributed by atoms with Crippen molar-refractivity contribution < 1.29 is 23.9 Å². The maximum Gasteiger partial charge on any atom is 0.328 e. The number of nitrogens with zero attached hydrogens (tertiary/aromatic N) is 1. The van der Waals surface area contributed by atoms with Crippen molar-refractivity contribution in [2.75, 3.05) is 13.7 Å². The van der Waals surface area contributed by atoms with E-state index in [9.17, 15) is 14.4 Å². The van der Waals surface area contributed by atoms with E-state index in [-0.39, 0.29) is 24.3 Å². The third-order valence-electron chi connectivity index (χ3n) is 4.29. The molecule has 1 aromatic rings. The van der Waals surface area contributed by atoms with Crippen LogP contribution in [-0.2, 0) is 36.8 Å². The van der Waals surface area contributed by atoms with Crippen LogP contribution in [0, 0.1) is 0 Å². The molecule has 0 radical (unpaired) electrons. The van der Waals surface area contributed by atoms with Gasteiger partial charge in [-0.25, -0.2) is 4.79 Å². The normalized spacial score (nSPS) is 16.8. The largest absolute Gasteiger partial charge is 0.469 e. The molecule has 1 amide bonds. The fraction of sp³-hybridized carbons (Fsp3) is 0.526. The zero-order valence-corrected chi connectivity index (χ0v) is 14.8. The first-order valence-corrected chi connectivity index (χ1v) is 8.66. The van der Waals surface area contributed by atoms with Gasteiger partial charge in [-0.3, -0.25) is 9.59 Å². The van der Waals surface area contributed by atoms with Gasteiger partial charge in [-0.15, -0.1) is 0 Å². The lowest BCUT2D eigenvalue weighted by atomic mass is 10.1. The number of amides is 1. The summed E-state index contributed by atoms with van der Waals surface area (Å²) >= 11 is 0. The zero-order valence-electron chi connectivity index (χ0n) is 14.8. The summed E-state index contributed by atoms with van der Waals surface area (Å²) in [6.45, 7) is 2.80. The molecule has 0 aliphatic carbocycles. The van der Waals surface area contributed by atoms with Gasteiger partial charge in [0.2, 0.25) is 5.91 Å². The second kappa shape index (κ2) is 9.20. The average Bonchev–Trinajstić information content (AvgIpc) is 2.97. The smallest absolute Gasteiger partial charge is 0.328 e. The molecule has 136 valence electrons. The van der Waals surface area contributed by atoms with E-state index in [1.54, 1.807) is 4.90 Å². The summed E-state index contributed by atoms with van der Waals surface area (Å²) in [5.41, 5.74) is 1.76. The van der Waals surface area contributed by atoms with Crippen molar-refractivity contribution in [3.05, 3.63) is 35.4 Å². The van der Waals surface area contributed by atoms with Crippen LogP contribution in [0.1, 0.15) is 43.7 Å². The van der Waals surface area contributed by atoms with Crippen LogP contribution in [0.4, 0.5) is 0 Å². The molecule has 0 N–H and O–H groups in total. The molecular formula is C19H25NO5. The highest BCUT2D eigenvalue weighted by molar-refractivity contribution is 5.88. The van der Waals surface area contributed by atoms with Crippen LogP contribution in [0.3, 0.4) is 0 Å². The topological polar surface area (TPSA) is 72.9 Å². The molecular weight excluding hydrogens is 322 g/mol. The number of rotatable bonds is 8. The zero-order chi connectivity index (χ0) is 18.2. The van der Waals surface area contributed by atoms with E-state index < -0.39 is 6.04 Å². The standard InChI is InChI=1S/C19H25NO5/c1-3-4-11-25-19(23)16-9-10-17(21)20(16)13-15-7-5-14(6-8-15)12-18(22)24-2/h5-8,16H,3-4,9-13H2,1-2H3. The Bertz CT molecular complexity index is 611. The van der Waals surface area contributed by atoms with Gasteiger partial charge in [-0.2, -0.15) is 0 Å². The number of hydrogen-bond donors (Lipinski definition) is 0. The Hall–Kier alpha value is -2.37. The van der Waals surface area contributed by atoms with Gasteiger partial charge < -0.3 is 14.4 Å². The van der Waals surface area contributed by atoms with E-state index in [1.807, 2.05) is 31.2 Å². The van der Waals surface area contributed by atoms with Crippen molar-refractivity contribution in [2.45, 2.75) is 51.6 Å². The maximum atomic E-state index is 12.2. The summed E-state index contributed by atoms with van der Waals surface area (Å²) < 4.78 is 9.92. The Morgan fingerprint density at radius 2 is 1.88 bits per heavy atom. The number of methoxy groups -OCH3 is 1. The van der Waals surface area contributed by atoms with E-state index in [0.717, 1.165) is 24.0 Å². The quantitative estimate of drug-likeness (QED) is 0.533. The van der Waals surface area contributed by atoms with Gasteiger partial charge in [0, 0.05) is 13.0 Å². The molecule has 6 heteroatoms. The maximum absolute atomic E-state index is 12.2. The van der Waals surface area contributed by atoms with E-state index in [2.05, 4.69) is 4.74 Å². The number of likely N-dealkylation sites (tertiary alicyclic amines) is 1. The van der Waals surface area contributed by atoms with Crippen molar-refractivity contribution in [2.24, 2.45) is 0 Å². The molecule has 6 nitrogen and oxygen atoms in total. The molecule has 1 saturated heterocycles. The number of ether oxygens (including phenoxy) is 2. The van der Waals surface area contributed by atoms with E-state index in [4.69, 9.17) is 4.74 Å². The van der Waals surface area contributed by atoms with Crippen LogP contribution < -0.4 is 0 Å². The minimum Gasteiger partial charge on any atom is -0.469 e. The van der Waals surface area contributed by atoms with Gasteiger partial charge in [-0.05, 0) is 24.0 Å². The SMILES string of the molecule is CCCCOC(=O)C1CCC(=O)N1Cc1ccc(CC(=O)OC)cc1. The Morgan fingerprint density at radius 3 is 2.52 bits per heavy atom. The predicted molar refractivity (Wildman–Crippen MR) is 91.6 cm³/mol. The number of esters is 2. The second-order valence-corrected chi connectivity index (χ2v) is 6.17. The summed E-state index contributed by atoms with van der Waals surface area (Å²) in [6, 6.07) is 6.90. The van der Waals surface area contributed by atoms with Crippen LogP contribution >= 0.6 is 0 Å². The highest BCUT2D eigenvalue weighted by Gasteiger charge is 2.36. The molecule has 1 fully saturated rings. The number of hydrogen-bond acceptors (Lipinski definition) is 5. The molecule has 1 aromatic carbocycles. The Morgan fingerprint density at radius 1 is 1.20 bits per heavy atom. The van der Waals surface area contributed by atoms with Gasteiger partial charge in [0.25, 0.3) is 0 Å². The molecule has 1 aliphatic rings. The van der Waals surface area contributed by atoms with Crippen molar-refractivity contribution in [3.8, 4) is 0 Å². The van der Waals surface area contributed by atoms with Gasteiger partial charge in [0.05, 0.1) is 20.1 Å². The summed E-state index contributed by atoms with van der Waals surface area (Å²) in [5, 5.41) is 0. The summed E-state index contributed by atoms with van der Waals surface area (Å²) in [5.74, 6) is -0.643. The van der Waals surface area contributed by atoms with Crippen molar-refractivity contribution in [1.82, 2.24) is 4.90 Å². The minimum atomic E-state index is -0.501. The van der Waals surface area contributed by atoms with Crippen molar-refractivity contribution >= 4 is 17.8 Å². The van der Waals surface area contributed by atoms with Crippen LogP contribution in [0.2, 0.25) is 0 Å². The average molecular weight is 347 g/mol. The first-order chi connectivity index (χ1) is 12.0. The molecule has 1 heterocycles. The minimum absolute atomic E-state index is 0.0314. The van der Waals surface area contributed by atoms with Crippen LogP contribution in [0.15, 0.2) is 24.3 Å². The van der Waals surface area contributed by atoms with Gasteiger partial charge in [0.15, 0.2) is 0 Å². The van der Waals surface area contributed by atoms with E-state index in [1.165, 1.54) is 7.11 Å². The third-order valence-corrected chi connectivity index (χ3v) is 4.29. The number of benzene rings is 1. The Labute approximate surface area is 148 Å². The highest BCUT2D eigenvalue weighted by Crippen LogP contribution is 2.23. The third kappa shape index (κ3) is 5.31. The fourth-order valence-electron chi connectivity index (χ4n) is 2.79. The first kappa shape index (κ1) is 19.0. The lowest BCUT2D eigenvalue weighted by molar-refractivity contribution is -0.152. The molecule has 25 heavy (non-hydrogen) atoms. The molecule has 1 unspecified atom stereocenters. The molecule has 2 rings (SSSR count). The van der Waals surface area contributed by atoms with Crippen LogP contribution in [0.25, 0.3) is 0 Å². The molecule has 1 aliphatic heterocycles. The lowest BCUT2D eigenvalue weighted by Crippen LogP contribution is -2.39. The summed E-state index contributed by atoms with van der Waals surface area (Å²) in [4.78, 5) is 37.2. The Kier molecular flexibility index (Phi) is 6.98. The Balaban J connectivity index is 1.97. The molecule has 1 atom stereocenters. The summed E-state index contributed by atoms with van der Waals surface area (Å²) in [6.07, 6.45) is 2.87. The lowest BCUT2D eigenvalue weighted by Gasteiger charge is -2.23. The van der Waals surface area contributed by atoms with Crippen LogP contribution in [0.5, 0.6) is 0 Å². The molecule has 0 bridgehead atoms. The van der Waals surface area contributed by atoms with Gasteiger partial charge >= 0.3 is 11.9 Å². The van der Waals surface area contributed by atoms with Crippen LogP contribution in [-0.4, -0.2) is 42.5 Å². The van der Waals surface area contributed by atoms with Crippen molar-refractivity contribution in [1.29, 1.82) is 0 Å². The molecule has 0 spiro atoms. The summed E-state index contributed by atoms with van der Waals surface area (Å²) in [7, 11) is 1.36. The number of carbonyl (C=O) groups excluding carboxylic acids is 3. The number of carbonyl (C=O) groups is 3. The number of unbranched alkanes of at least 4 members (excludes halogenated alkanes) is 1. The first-order valence-electron chi connectivity index (χ1n) is 8.66. The predicted octanol–water partition coefficient (Wildman–Crippen LogP) is 2.24. The highest BCUT2D eigenvalue weighted by atomic mass is 16.5.